The first kappa shape index (κ1) is 56.7. The number of fused-ring (bicyclic) bond motifs is 2. The lowest BCUT2D eigenvalue weighted by Gasteiger charge is -2.36. The third-order valence-electron chi connectivity index (χ3n) is 17.0. The Hall–Kier alpha value is -6.97. The Morgan fingerprint density at radius 3 is 2.28 bits per heavy atom. The number of hydrogen-bond acceptors (Lipinski definition) is 16. The van der Waals surface area contributed by atoms with Crippen molar-refractivity contribution in [2.75, 3.05) is 72.8 Å². The van der Waals surface area contributed by atoms with Gasteiger partial charge in [-0.2, -0.15) is 5.26 Å². The first-order valence-corrected chi connectivity index (χ1v) is 29.2. The summed E-state index contributed by atoms with van der Waals surface area (Å²) in [5.41, 5.74) is 11.1. The molecule has 5 unspecified atom stereocenters. The van der Waals surface area contributed by atoms with Crippen molar-refractivity contribution in [3.05, 3.63) is 95.9 Å². The van der Waals surface area contributed by atoms with Gasteiger partial charge >= 0.3 is 0 Å². The SMILES string of the molecule is CC.CC(NC(=O)C1CCCN1C(=O)C(c1cc(N2CCC(CN3CCC(O)CC3)CC2)no1)C(C)C)c1ccc(C#N)cc1.Nc1nnc(-c2ccccc2O)cc1N1CCC2CCC(C1)N2c1ccnc(OC2CCC2)c1. The maximum Gasteiger partial charge on any atom is 0.243 e. The molecule has 0 spiro atoms. The highest BCUT2D eigenvalue weighted by Gasteiger charge is 2.42. The summed E-state index contributed by atoms with van der Waals surface area (Å²) in [4.78, 5) is 43.1. The van der Waals surface area contributed by atoms with E-state index in [1.54, 1.807) is 29.2 Å². The van der Waals surface area contributed by atoms with Crippen LogP contribution in [-0.2, 0) is 9.59 Å². The fraction of sp³-hybridized carbons (Fsp3) is 0.557. The van der Waals surface area contributed by atoms with Crippen LogP contribution in [0.25, 0.3) is 11.3 Å². The number of likely N-dealkylation sites (tertiary alicyclic amines) is 2. The number of aliphatic hydroxyl groups excluding tert-OH is 1. The number of phenolic OH excluding ortho intramolecular Hbond substituents is 1. The van der Waals surface area contributed by atoms with Crippen molar-refractivity contribution in [1.29, 1.82) is 5.26 Å². The van der Waals surface area contributed by atoms with Crippen molar-refractivity contribution in [2.24, 2.45) is 11.8 Å². The average Bonchev–Trinajstić information content (AvgIpc) is 4.24. The van der Waals surface area contributed by atoms with Gasteiger partial charge in [-0.1, -0.05) is 57.1 Å². The lowest BCUT2D eigenvalue weighted by atomic mass is 9.91. The first-order valence-electron chi connectivity index (χ1n) is 29.2. The van der Waals surface area contributed by atoms with E-state index in [4.69, 9.17) is 20.3 Å². The number of nitrogens with two attached hydrogens (primary N) is 1. The number of phenols is 1. The topological polar surface area (TPSA) is 227 Å². The second kappa shape index (κ2) is 26.3. The van der Waals surface area contributed by atoms with Crippen LogP contribution >= 0.6 is 0 Å². The summed E-state index contributed by atoms with van der Waals surface area (Å²) in [6, 6.07) is 24.6. The van der Waals surface area contributed by atoms with Crippen LogP contribution in [0.5, 0.6) is 11.6 Å². The smallest absolute Gasteiger partial charge is 0.243 e. The number of anilines is 4. The van der Waals surface area contributed by atoms with Gasteiger partial charge in [-0.05, 0) is 138 Å². The number of ether oxygens (including phenoxy) is 1. The molecular weight excluding hydrogens is 997 g/mol. The number of rotatable bonds is 14. The molecule has 2 aromatic carbocycles. The van der Waals surface area contributed by atoms with Gasteiger partial charge in [-0.3, -0.25) is 9.59 Å². The molecule has 1 aliphatic carbocycles. The van der Waals surface area contributed by atoms with E-state index < -0.39 is 12.0 Å². The van der Waals surface area contributed by atoms with Gasteiger partial charge in [0, 0.05) is 94.0 Å². The second-order valence-electron chi connectivity index (χ2n) is 22.5. The highest BCUT2D eigenvalue weighted by molar-refractivity contribution is 5.91. The van der Waals surface area contributed by atoms with Gasteiger partial charge in [0.2, 0.25) is 17.7 Å². The summed E-state index contributed by atoms with van der Waals surface area (Å²) in [5.74, 6) is 2.52. The molecule has 5 atom stereocenters. The van der Waals surface area contributed by atoms with Crippen molar-refractivity contribution in [3.63, 3.8) is 0 Å². The average molecular weight is 1080 g/mol. The molecule has 6 aliphatic rings. The Balaban J connectivity index is 0.000000190. The van der Waals surface area contributed by atoms with Gasteiger partial charge in [0.25, 0.3) is 0 Å². The van der Waals surface area contributed by atoms with Crippen LogP contribution in [0.3, 0.4) is 0 Å². The predicted molar refractivity (Wildman–Crippen MR) is 307 cm³/mol. The van der Waals surface area contributed by atoms with Gasteiger partial charge in [0.15, 0.2) is 17.4 Å². The highest BCUT2D eigenvalue weighted by atomic mass is 16.5. The molecule has 2 amide bonds. The minimum atomic E-state index is -0.529. The molecule has 11 rings (SSSR count). The number of benzene rings is 2. The van der Waals surface area contributed by atoms with Crippen LogP contribution < -0.4 is 30.5 Å². The standard InChI is InChI=1S/C33H46N6O4.C26H30N6O2.C2H6/c1-22(2)31(29-19-30(36-43-29)38-17-10-25(11-18-38)21-37-15-12-27(40)13-16-37)33(42)39-14-4-5-28(39)32(41)35-23(3)26-8-6-24(20-34)7-9-26;27-26-23(15-22(29-30-26)21-6-1-2-7-24(21)33)31-13-11-17-8-9-19(16-31)32(17)18-10-12-28-25(14-18)34-20-4-3-5-20;1-2/h6-9,19,22-23,25,27-28,31,40H,4-5,10-18,21H2,1-3H3,(H,35,41);1-2,6-7,10,12,14-15,17,19-20,33H,3-5,8-9,11,13,16H2,(H2,27,30);1-2H3. The number of pyridine rings is 1. The molecule has 6 fully saturated rings. The van der Waals surface area contributed by atoms with Gasteiger partial charge in [-0.25, -0.2) is 4.98 Å². The summed E-state index contributed by atoms with van der Waals surface area (Å²) in [6.45, 7) is 17.1. The lowest BCUT2D eigenvalue weighted by molar-refractivity contribution is -0.141. The zero-order valence-corrected chi connectivity index (χ0v) is 46.9. The van der Waals surface area contributed by atoms with Crippen LogP contribution in [0, 0.1) is 23.2 Å². The third kappa shape index (κ3) is 13.6. The summed E-state index contributed by atoms with van der Waals surface area (Å²) >= 11 is 0. The number of nitrogen functional groups attached to an aromatic ring is 1. The summed E-state index contributed by atoms with van der Waals surface area (Å²) in [7, 11) is 0. The fourth-order valence-corrected chi connectivity index (χ4v) is 12.3. The number of carbonyl (C=O) groups is 2. The third-order valence-corrected chi connectivity index (χ3v) is 17.0. The van der Waals surface area contributed by atoms with E-state index in [0.29, 0.717) is 65.5 Å². The van der Waals surface area contributed by atoms with Gasteiger partial charge < -0.3 is 55.0 Å². The molecule has 1 saturated carbocycles. The van der Waals surface area contributed by atoms with Crippen molar-refractivity contribution < 1.29 is 29.1 Å². The Kier molecular flexibility index (Phi) is 18.9. The van der Waals surface area contributed by atoms with E-state index in [-0.39, 0.29) is 35.6 Å². The van der Waals surface area contributed by atoms with E-state index in [0.717, 1.165) is 127 Å². The minimum absolute atomic E-state index is 0.0241. The van der Waals surface area contributed by atoms with E-state index >= 15 is 0 Å². The molecule has 5 saturated heterocycles. The minimum Gasteiger partial charge on any atom is -0.507 e. The van der Waals surface area contributed by atoms with Crippen LogP contribution in [0.15, 0.2) is 83.5 Å². The molecule has 3 aromatic heterocycles. The fourth-order valence-electron chi connectivity index (χ4n) is 12.3. The number of aromatic nitrogens is 4. The molecule has 5 aliphatic heterocycles. The number of aliphatic hydroxyl groups is 1. The maximum atomic E-state index is 14.0. The number of para-hydroxylation sites is 1. The predicted octanol–water partition coefficient (Wildman–Crippen LogP) is 8.86. The number of hydrogen-bond donors (Lipinski definition) is 4. The Labute approximate surface area is 466 Å². The highest BCUT2D eigenvalue weighted by Crippen LogP contribution is 2.40. The Morgan fingerprint density at radius 1 is 0.835 bits per heavy atom. The summed E-state index contributed by atoms with van der Waals surface area (Å²) < 4.78 is 11.9. The van der Waals surface area contributed by atoms with E-state index in [9.17, 15) is 19.8 Å². The quantitative estimate of drug-likeness (QED) is 0.0814. The largest absolute Gasteiger partial charge is 0.507 e. The molecule has 79 heavy (non-hydrogen) atoms. The van der Waals surface area contributed by atoms with Crippen LogP contribution in [-0.4, -0.2) is 135 Å². The second-order valence-corrected chi connectivity index (χ2v) is 22.5. The van der Waals surface area contributed by atoms with E-state index in [2.05, 4.69) is 63.5 Å². The van der Waals surface area contributed by atoms with Crippen LogP contribution in [0.1, 0.15) is 141 Å². The maximum absolute atomic E-state index is 14.0. The monoisotopic (exact) mass is 1080 g/mol. The summed E-state index contributed by atoms with van der Waals surface area (Å²) in [6.07, 6.45) is 14.2. The number of piperidine rings is 2. The Bertz CT molecular complexity index is 2840. The van der Waals surface area contributed by atoms with Crippen LogP contribution in [0.2, 0.25) is 0 Å². The number of nitriles is 1. The van der Waals surface area contributed by atoms with Crippen molar-refractivity contribution >= 4 is 34.8 Å². The molecule has 5 aromatic rings. The normalized spacial score (nSPS) is 21.7. The number of amides is 2. The lowest BCUT2D eigenvalue weighted by Crippen LogP contribution is -2.48. The van der Waals surface area contributed by atoms with Gasteiger partial charge in [-0.15, -0.1) is 10.2 Å². The molecule has 8 heterocycles. The molecular formula is C61H82N12O6. The van der Waals surface area contributed by atoms with Crippen LogP contribution in [0.4, 0.5) is 23.0 Å². The molecule has 18 nitrogen and oxygen atoms in total. The van der Waals surface area contributed by atoms with Gasteiger partial charge in [0.05, 0.1) is 35.2 Å². The molecule has 18 heteroatoms. The molecule has 422 valence electrons. The Morgan fingerprint density at radius 2 is 1.57 bits per heavy atom. The molecule has 0 radical (unpaired) electrons. The number of carbonyl (C=O) groups excluding carboxylic acids is 2. The van der Waals surface area contributed by atoms with Crippen molar-refractivity contribution in [2.45, 2.75) is 154 Å². The first-order chi connectivity index (χ1) is 38.4. The van der Waals surface area contributed by atoms with Gasteiger partial charge in [0.1, 0.15) is 23.8 Å². The zero-order chi connectivity index (χ0) is 55.6. The van der Waals surface area contributed by atoms with E-state index in [1.165, 1.54) is 18.5 Å². The van der Waals surface area contributed by atoms with Crippen molar-refractivity contribution in [1.82, 2.24) is 35.5 Å². The molecule has 5 N–H and O–H groups in total. The zero-order valence-electron chi connectivity index (χ0n) is 46.9. The number of aromatic hydroxyl groups is 1. The summed E-state index contributed by atoms with van der Waals surface area (Å²) in [5, 5.41) is 45.1. The molecule has 2 bridgehead atoms. The van der Waals surface area contributed by atoms with E-state index in [1.807, 2.05) is 77.2 Å². The number of nitrogens with zero attached hydrogens (tertiary/aromatic N) is 10. The number of nitrogens with one attached hydrogen (secondary N) is 1. The van der Waals surface area contributed by atoms with Crippen molar-refractivity contribution in [3.8, 4) is 29.0 Å².